The molecule has 1 unspecified atom stereocenters. The van der Waals surface area contributed by atoms with Crippen LogP contribution < -0.4 is 4.18 Å². The Bertz CT molecular complexity index is 949. The maximum absolute atomic E-state index is 10.7. The van der Waals surface area contributed by atoms with Gasteiger partial charge in [0.25, 0.3) is 0 Å². The fourth-order valence-corrected chi connectivity index (χ4v) is 3.62. The number of benzene rings is 1. The first kappa shape index (κ1) is 40.0. The molecule has 1 aromatic rings. The summed E-state index contributed by atoms with van der Waals surface area (Å²) < 4.78 is 159. The van der Waals surface area contributed by atoms with Gasteiger partial charge >= 0.3 is 45.7 Å². The van der Waals surface area contributed by atoms with Crippen molar-refractivity contribution in [2.75, 3.05) is 21.3 Å². The van der Waals surface area contributed by atoms with Crippen LogP contribution in [0.25, 0.3) is 0 Å². The van der Waals surface area contributed by atoms with Crippen LogP contribution in [0.2, 0.25) is 6.04 Å². The van der Waals surface area contributed by atoms with E-state index in [1.165, 1.54) is 0 Å². The predicted molar refractivity (Wildman–Crippen MR) is 103 cm³/mol. The molecule has 36 heavy (non-hydrogen) atoms. The summed E-state index contributed by atoms with van der Waals surface area (Å²) in [6, 6.07) is 7.43. The van der Waals surface area contributed by atoms with Crippen molar-refractivity contribution in [3.8, 4) is 5.75 Å². The molecule has 1 atom stereocenters. The van der Waals surface area contributed by atoms with E-state index in [-0.39, 0.29) is 31.6 Å². The fraction of sp³-hybridized carbons (Fsp3) is 0.538. The quantitative estimate of drug-likeness (QED) is 0.130. The van der Waals surface area contributed by atoms with Crippen LogP contribution in [0.3, 0.4) is 0 Å². The van der Waals surface area contributed by atoms with Gasteiger partial charge in [-0.1, -0.05) is 12.1 Å². The minimum atomic E-state index is -6.09. The van der Waals surface area contributed by atoms with Gasteiger partial charge in [0, 0.05) is 27.4 Å². The molecule has 0 aliphatic rings. The minimum absolute atomic E-state index is 0. The van der Waals surface area contributed by atoms with Crippen LogP contribution in [0.1, 0.15) is 5.56 Å². The van der Waals surface area contributed by atoms with Gasteiger partial charge in [-0.3, -0.25) is 0 Å². The monoisotopic (exact) mass is 648 g/mol. The summed E-state index contributed by atoms with van der Waals surface area (Å²) in [6.45, 7) is 0. The van der Waals surface area contributed by atoms with Crippen molar-refractivity contribution in [1.29, 1.82) is 0 Å². The zero-order valence-electron chi connectivity index (χ0n) is 18.2. The second-order valence-electron chi connectivity index (χ2n) is 5.53. The van der Waals surface area contributed by atoms with E-state index in [0.717, 1.165) is 5.56 Å². The first-order valence-electron chi connectivity index (χ1n) is 8.11. The normalized spacial score (nSPS) is 13.2. The summed E-state index contributed by atoms with van der Waals surface area (Å²) in [5.41, 5.74) is -10.3. The summed E-state index contributed by atoms with van der Waals surface area (Å²) in [5, 5.41) is 0. The maximum atomic E-state index is 10.7. The molecule has 12 nitrogen and oxygen atoms in total. The smallest absolute Gasteiger partial charge is 0.741 e. The van der Waals surface area contributed by atoms with Crippen molar-refractivity contribution in [3.05, 3.63) is 29.8 Å². The second-order valence-corrected chi connectivity index (χ2v) is 11.9. The van der Waals surface area contributed by atoms with Gasteiger partial charge in [-0.05, 0) is 24.1 Å². The molecular formula is C13H17F6O12S3ScSi. The van der Waals surface area contributed by atoms with Gasteiger partial charge in [-0.25, -0.2) is 21.0 Å². The van der Waals surface area contributed by atoms with Crippen molar-refractivity contribution >= 4 is 40.4 Å². The average Bonchev–Trinajstić information content (AvgIpc) is 2.68. The number of alkyl halides is 6. The van der Waals surface area contributed by atoms with E-state index in [1.807, 2.05) is 0 Å². The Morgan fingerprint density at radius 1 is 0.833 bits per heavy atom. The van der Waals surface area contributed by atoms with E-state index >= 15 is 0 Å². The van der Waals surface area contributed by atoms with Gasteiger partial charge in [-0.2, -0.15) is 26.3 Å². The molecular weight excluding hydrogens is 631 g/mol. The van der Waals surface area contributed by atoms with Gasteiger partial charge in [0.05, 0.1) is 0 Å². The van der Waals surface area contributed by atoms with Gasteiger partial charge in [-0.15, -0.1) is 0 Å². The number of aryl methyl sites for hydroxylation is 1. The van der Waals surface area contributed by atoms with E-state index in [0.29, 0.717) is 12.5 Å². The van der Waals surface area contributed by atoms with E-state index in [4.69, 9.17) is 39.2 Å². The molecule has 0 radical (unpaired) electrons. The molecule has 0 saturated heterocycles. The Hall–Kier alpha value is -0.503. The Morgan fingerprint density at radius 3 is 1.36 bits per heavy atom. The van der Waals surface area contributed by atoms with Crippen LogP contribution in [0.5, 0.6) is 5.75 Å². The third-order valence-electron chi connectivity index (χ3n) is 3.31. The van der Waals surface area contributed by atoms with Gasteiger partial charge in [0.2, 0.25) is 0 Å². The molecule has 0 spiro atoms. The van der Waals surface area contributed by atoms with E-state index in [2.05, 4.69) is 4.18 Å². The van der Waals surface area contributed by atoms with Crippen LogP contribution in [0.15, 0.2) is 24.3 Å². The van der Waals surface area contributed by atoms with Gasteiger partial charge in [0.1, 0.15) is 17.1 Å². The Kier molecular flexibility index (Phi) is 18.3. The second kappa shape index (κ2) is 16.5. The zero-order chi connectivity index (χ0) is 28.3. The standard InChI is InChI=1S/C11H18O6SSi.2CHF3O3S.Sc/c1-14-19(15-2,16-3)9-8-10-4-6-11(7-5-10)17-18(12)13;2*2-1(3,4)8(5,6)7;/h4-7H,8-9H2,1-3H3,(H,12,13);2*(H,5,6,7);/q;;;+3/p-3. The Labute approximate surface area is 224 Å². The largest absolute Gasteiger partial charge is 3.00 e. The number of hydrogen-bond donors (Lipinski definition) is 0. The minimum Gasteiger partial charge on any atom is -0.741 e. The van der Waals surface area contributed by atoms with Crippen molar-refractivity contribution in [3.63, 3.8) is 0 Å². The third-order valence-corrected chi connectivity index (χ3v) is 7.50. The molecule has 23 heteroatoms. The average molecular weight is 648 g/mol. The SMILES string of the molecule is CO[Si](CCc1ccc(OS(=O)[O-])cc1)(OC)OC.O=S(=O)([O-])C(F)(F)F.O=S(=O)([O-])C(F)(F)F.[Sc+3]. The van der Waals surface area contributed by atoms with Crippen molar-refractivity contribution in [2.24, 2.45) is 0 Å². The number of halogens is 6. The van der Waals surface area contributed by atoms with Crippen molar-refractivity contribution in [1.82, 2.24) is 0 Å². The molecule has 1 rings (SSSR count). The summed E-state index contributed by atoms with van der Waals surface area (Å²) in [6.07, 6.45) is 0.711. The van der Waals surface area contributed by atoms with Crippen LogP contribution in [-0.4, -0.2) is 75.9 Å². The number of hydrogen-bond acceptors (Lipinski definition) is 12. The molecule has 0 heterocycles. The molecule has 0 aromatic heterocycles. The van der Waals surface area contributed by atoms with Crippen LogP contribution in [-0.2, 0) is 77.1 Å². The summed E-state index contributed by atoms with van der Waals surface area (Å²) in [7, 11) is -10.0. The molecule has 0 N–H and O–H groups in total. The van der Waals surface area contributed by atoms with Gasteiger partial charge in [0.15, 0.2) is 20.2 Å². The summed E-state index contributed by atoms with van der Waals surface area (Å²) in [4.78, 5) is 0. The summed E-state index contributed by atoms with van der Waals surface area (Å²) in [5.74, 6) is 0.283. The first-order chi connectivity index (χ1) is 15.5. The van der Waals surface area contributed by atoms with E-state index < -0.39 is 51.4 Å². The Morgan fingerprint density at radius 2 is 1.14 bits per heavy atom. The first-order valence-corrected chi connectivity index (χ1v) is 13.9. The molecule has 0 saturated carbocycles. The predicted octanol–water partition coefficient (Wildman–Crippen LogP) is 1.38. The summed E-state index contributed by atoms with van der Waals surface area (Å²) >= 11 is -2.55. The maximum Gasteiger partial charge on any atom is 3.00 e. The molecule has 0 aliphatic carbocycles. The number of rotatable bonds is 8. The zero-order valence-corrected chi connectivity index (χ0v) is 23.4. The fourth-order valence-electron chi connectivity index (χ4n) is 1.64. The molecule has 0 aliphatic heterocycles. The molecule has 0 fully saturated rings. The van der Waals surface area contributed by atoms with Crippen molar-refractivity contribution < 1.29 is 104 Å². The van der Waals surface area contributed by atoms with E-state index in [1.54, 1.807) is 45.6 Å². The van der Waals surface area contributed by atoms with Gasteiger partial charge < -0.3 is 31.1 Å². The third kappa shape index (κ3) is 16.4. The van der Waals surface area contributed by atoms with Crippen LogP contribution in [0, 0.1) is 0 Å². The van der Waals surface area contributed by atoms with E-state index in [9.17, 15) is 35.1 Å². The molecule has 208 valence electrons. The topological polar surface area (TPSA) is 191 Å². The Balaban J connectivity index is -0.000000534. The molecule has 1 aromatic carbocycles. The molecule has 0 amide bonds. The van der Waals surface area contributed by atoms with Crippen LogP contribution in [0.4, 0.5) is 26.3 Å². The van der Waals surface area contributed by atoms with Crippen molar-refractivity contribution in [2.45, 2.75) is 23.5 Å². The molecule has 0 bridgehead atoms. The van der Waals surface area contributed by atoms with Crippen LogP contribution >= 0.6 is 0 Å².